The lowest BCUT2D eigenvalue weighted by Crippen LogP contribution is -2.26. The summed E-state index contributed by atoms with van der Waals surface area (Å²) in [4.78, 5) is 10.4. The predicted octanol–water partition coefficient (Wildman–Crippen LogP) is 1.35. The summed E-state index contributed by atoms with van der Waals surface area (Å²) in [5, 5.41) is 8.43. The molecule has 5 nitrogen and oxygen atoms in total. The summed E-state index contributed by atoms with van der Waals surface area (Å²) >= 11 is 2.05. The summed E-state index contributed by atoms with van der Waals surface area (Å²) in [6.45, 7) is 1.78. The van der Waals surface area contributed by atoms with Gasteiger partial charge in [0.05, 0.1) is 11.3 Å². The van der Waals surface area contributed by atoms with E-state index in [2.05, 4.69) is 27.3 Å². The SMILES string of the molecule is Cc1ccc(S(=O)(=O)NCCC(=O)O)cc1I. The normalized spacial score (nSPS) is 11.4. The molecule has 7 heteroatoms. The standard InChI is InChI=1S/C10H12INO4S/c1-7-2-3-8(6-9(7)11)17(15,16)12-5-4-10(13)14/h2-3,6,12H,4-5H2,1H3,(H,13,14). The van der Waals surface area contributed by atoms with E-state index in [4.69, 9.17) is 5.11 Å². The van der Waals surface area contributed by atoms with Crippen LogP contribution in [-0.4, -0.2) is 26.0 Å². The monoisotopic (exact) mass is 369 g/mol. The summed E-state index contributed by atoms with van der Waals surface area (Å²) in [5.74, 6) is -1.04. The van der Waals surface area contributed by atoms with Crippen LogP contribution in [0.15, 0.2) is 23.1 Å². The number of hydrogen-bond donors (Lipinski definition) is 2. The summed E-state index contributed by atoms with van der Waals surface area (Å²) in [6, 6.07) is 4.77. The number of sulfonamides is 1. The van der Waals surface area contributed by atoms with Gasteiger partial charge in [-0.2, -0.15) is 0 Å². The van der Waals surface area contributed by atoms with Gasteiger partial charge in [-0.05, 0) is 47.2 Å². The largest absolute Gasteiger partial charge is 0.481 e. The Bertz CT molecular complexity index is 527. The third kappa shape index (κ3) is 4.25. The van der Waals surface area contributed by atoms with Crippen LogP contribution < -0.4 is 4.72 Å². The minimum atomic E-state index is -3.61. The van der Waals surface area contributed by atoms with Gasteiger partial charge in [0, 0.05) is 10.1 Å². The van der Waals surface area contributed by atoms with Crippen LogP contribution in [0, 0.1) is 10.5 Å². The van der Waals surface area contributed by atoms with Gasteiger partial charge in [-0.25, -0.2) is 13.1 Å². The lowest BCUT2D eigenvalue weighted by Gasteiger charge is -2.07. The molecular formula is C10H12INO4S. The van der Waals surface area contributed by atoms with E-state index in [1.807, 2.05) is 6.92 Å². The van der Waals surface area contributed by atoms with E-state index >= 15 is 0 Å². The fraction of sp³-hybridized carbons (Fsp3) is 0.300. The molecule has 0 fully saturated rings. The van der Waals surface area contributed by atoms with E-state index < -0.39 is 16.0 Å². The zero-order chi connectivity index (χ0) is 13.1. The van der Waals surface area contributed by atoms with Crippen molar-refractivity contribution in [1.82, 2.24) is 4.72 Å². The highest BCUT2D eigenvalue weighted by molar-refractivity contribution is 14.1. The Kier molecular flexibility index (Phi) is 4.90. The molecular weight excluding hydrogens is 357 g/mol. The molecule has 1 aromatic rings. The van der Waals surface area contributed by atoms with E-state index in [0.717, 1.165) is 9.13 Å². The van der Waals surface area contributed by atoms with Crippen LogP contribution in [0.2, 0.25) is 0 Å². The molecule has 0 aliphatic carbocycles. The first-order valence-electron chi connectivity index (χ1n) is 4.80. The molecule has 0 aliphatic heterocycles. The Morgan fingerprint density at radius 2 is 2.12 bits per heavy atom. The number of aliphatic carboxylic acids is 1. The van der Waals surface area contributed by atoms with Crippen LogP contribution in [0.25, 0.3) is 0 Å². The topological polar surface area (TPSA) is 83.5 Å². The highest BCUT2D eigenvalue weighted by Crippen LogP contribution is 2.17. The molecule has 2 N–H and O–H groups in total. The Labute approximate surface area is 113 Å². The molecule has 0 radical (unpaired) electrons. The number of hydrogen-bond acceptors (Lipinski definition) is 3. The van der Waals surface area contributed by atoms with Crippen molar-refractivity contribution in [2.24, 2.45) is 0 Å². The Morgan fingerprint density at radius 3 is 2.65 bits per heavy atom. The maximum absolute atomic E-state index is 11.8. The van der Waals surface area contributed by atoms with Gasteiger partial charge >= 0.3 is 5.97 Å². The third-order valence-electron chi connectivity index (χ3n) is 2.08. The minimum Gasteiger partial charge on any atom is -0.481 e. The highest BCUT2D eigenvalue weighted by atomic mass is 127. The first-order chi connectivity index (χ1) is 7.83. The van der Waals surface area contributed by atoms with Crippen molar-refractivity contribution in [2.45, 2.75) is 18.2 Å². The van der Waals surface area contributed by atoms with Crippen LogP contribution in [0.5, 0.6) is 0 Å². The quantitative estimate of drug-likeness (QED) is 0.768. The molecule has 0 saturated heterocycles. The van der Waals surface area contributed by atoms with E-state index in [1.165, 1.54) is 6.07 Å². The molecule has 1 aromatic carbocycles. The number of rotatable bonds is 5. The van der Waals surface area contributed by atoms with Gasteiger partial charge in [0.25, 0.3) is 0 Å². The molecule has 94 valence electrons. The van der Waals surface area contributed by atoms with Crippen molar-refractivity contribution in [3.8, 4) is 0 Å². The van der Waals surface area contributed by atoms with Gasteiger partial charge < -0.3 is 5.11 Å². The minimum absolute atomic E-state index is 0.109. The lowest BCUT2D eigenvalue weighted by atomic mass is 10.2. The van der Waals surface area contributed by atoms with Crippen molar-refractivity contribution in [3.05, 3.63) is 27.3 Å². The molecule has 0 atom stereocenters. The fourth-order valence-corrected chi connectivity index (χ4v) is 2.90. The van der Waals surface area contributed by atoms with Crippen LogP contribution in [0.4, 0.5) is 0 Å². The average Bonchev–Trinajstić information content (AvgIpc) is 2.21. The van der Waals surface area contributed by atoms with Gasteiger partial charge in [0.15, 0.2) is 0 Å². The van der Waals surface area contributed by atoms with Crippen molar-refractivity contribution < 1.29 is 18.3 Å². The third-order valence-corrected chi connectivity index (χ3v) is 4.71. The van der Waals surface area contributed by atoms with Crippen molar-refractivity contribution in [2.75, 3.05) is 6.54 Å². The second-order valence-electron chi connectivity index (χ2n) is 3.45. The van der Waals surface area contributed by atoms with Crippen molar-refractivity contribution in [3.63, 3.8) is 0 Å². The number of nitrogens with one attached hydrogen (secondary N) is 1. The molecule has 0 spiro atoms. The Hall–Kier alpha value is -0.670. The highest BCUT2D eigenvalue weighted by Gasteiger charge is 2.14. The maximum atomic E-state index is 11.8. The van der Waals surface area contributed by atoms with E-state index in [-0.39, 0.29) is 17.9 Å². The van der Waals surface area contributed by atoms with Gasteiger partial charge in [-0.3, -0.25) is 4.79 Å². The van der Waals surface area contributed by atoms with Crippen molar-refractivity contribution >= 4 is 38.6 Å². The van der Waals surface area contributed by atoms with E-state index in [1.54, 1.807) is 12.1 Å². The molecule has 1 rings (SSSR count). The van der Waals surface area contributed by atoms with Gasteiger partial charge in [-0.15, -0.1) is 0 Å². The lowest BCUT2D eigenvalue weighted by molar-refractivity contribution is -0.136. The molecule has 0 unspecified atom stereocenters. The molecule has 0 aromatic heterocycles. The molecule has 0 bridgehead atoms. The molecule has 0 saturated carbocycles. The second-order valence-corrected chi connectivity index (χ2v) is 6.38. The van der Waals surface area contributed by atoms with Gasteiger partial charge in [0.1, 0.15) is 0 Å². The van der Waals surface area contributed by atoms with Crippen LogP contribution in [0.1, 0.15) is 12.0 Å². The molecule has 0 aliphatic rings. The summed E-state index contributed by atoms with van der Waals surface area (Å²) < 4.78 is 26.6. The fourth-order valence-electron chi connectivity index (χ4n) is 1.12. The van der Waals surface area contributed by atoms with E-state index in [9.17, 15) is 13.2 Å². The number of carboxylic acids is 1. The summed E-state index contributed by atoms with van der Waals surface area (Å²) in [7, 11) is -3.61. The molecule has 0 amide bonds. The van der Waals surface area contributed by atoms with Crippen LogP contribution in [-0.2, 0) is 14.8 Å². The Balaban J connectivity index is 2.82. The zero-order valence-electron chi connectivity index (χ0n) is 9.10. The number of aryl methyl sites for hydroxylation is 1. The second kappa shape index (κ2) is 5.78. The Morgan fingerprint density at radius 1 is 1.47 bits per heavy atom. The summed E-state index contributed by atoms with van der Waals surface area (Å²) in [5.41, 5.74) is 0.995. The first kappa shape index (κ1) is 14.4. The van der Waals surface area contributed by atoms with Gasteiger partial charge in [-0.1, -0.05) is 6.07 Å². The van der Waals surface area contributed by atoms with Gasteiger partial charge in [0.2, 0.25) is 10.0 Å². The summed E-state index contributed by atoms with van der Waals surface area (Å²) in [6.07, 6.45) is -0.234. The number of carbonyl (C=O) groups is 1. The zero-order valence-corrected chi connectivity index (χ0v) is 12.1. The first-order valence-corrected chi connectivity index (χ1v) is 7.37. The van der Waals surface area contributed by atoms with E-state index in [0.29, 0.717) is 0 Å². The molecule has 17 heavy (non-hydrogen) atoms. The molecule has 0 heterocycles. The van der Waals surface area contributed by atoms with Crippen LogP contribution >= 0.6 is 22.6 Å². The predicted molar refractivity (Wildman–Crippen MR) is 71.3 cm³/mol. The van der Waals surface area contributed by atoms with Crippen molar-refractivity contribution in [1.29, 1.82) is 0 Å². The van der Waals surface area contributed by atoms with Crippen LogP contribution in [0.3, 0.4) is 0 Å². The smallest absolute Gasteiger partial charge is 0.304 e. The number of halogens is 1. The number of carboxylic acid groups (broad SMARTS) is 1. The number of benzene rings is 1. The average molecular weight is 369 g/mol. The maximum Gasteiger partial charge on any atom is 0.304 e.